The molecule has 0 aromatic heterocycles. The average molecular weight is 318 g/mol. The molecule has 0 radical (unpaired) electrons. The molecule has 1 aromatic rings. The van der Waals surface area contributed by atoms with Gasteiger partial charge in [0.05, 0.1) is 7.11 Å². The number of Topliss-reactive ketones (excluding diaryl/α,β-unsaturated/α-hetero) is 1. The zero-order valence-corrected chi connectivity index (χ0v) is 15.0. The zero-order valence-electron chi connectivity index (χ0n) is 15.0. The van der Waals surface area contributed by atoms with Crippen LogP contribution >= 0.6 is 0 Å². The molecule has 0 atom stereocenters. The van der Waals surface area contributed by atoms with E-state index in [9.17, 15) is 4.79 Å². The van der Waals surface area contributed by atoms with E-state index in [-0.39, 0.29) is 17.0 Å². The maximum Gasteiger partial charge on any atom is 0.167 e. The summed E-state index contributed by atoms with van der Waals surface area (Å²) >= 11 is 0. The second-order valence-corrected chi connectivity index (χ2v) is 7.80. The van der Waals surface area contributed by atoms with Crippen LogP contribution in [0.5, 0.6) is 17.2 Å². The summed E-state index contributed by atoms with van der Waals surface area (Å²) in [4.78, 5) is 12.4. The lowest BCUT2D eigenvalue weighted by Gasteiger charge is -2.39. The van der Waals surface area contributed by atoms with Crippen LogP contribution in [0.3, 0.4) is 0 Å². The number of hydrogen-bond donors (Lipinski definition) is 0. The Hall–Kier alpha value is -1.71. The van der Waals surface area contributed by atoms with Gasteiger partial charge in [0.15, 0.2) is 5.78 Å². The van der Waals surface area contributed by atoms with E-state index in [1.54, 1.807) is 14.0 Å². The highest BCUT2D eigenvalue weighted by atomic mass is 16.5. The molecular formula is C19H26O4. The molecule has 0 unspecified atom stereocenters. The highest BCUT2D eigenvalue weighted by Gasteiger charge is 2.39. The van der Waals surface area contributed by atoms with E-state index in [0.29, 0.717) is 17.1 Å². The predicted octanol–water partition coefficient (Wildman–Crippen LogP) is 4.11. The van der Waals surface area contributed by atoms with Gasteiger partial charge in [-0.25, -0.2) is 0 Å². The number of ketones is 1. The van der Waals surface area contributed by atoms with E-state index >= 15 is 0 Å². The molecule has 23 heavy (non-hydrogen) atoms. The van der Waals surface area contributed by atoms with E-state index in [0.717, 1.165) is 42.6 Å². The van der Waals surface area contributed by atoms with Crippen LogP contribution in [0.2, 0.25) is 0 Å². The Kier molecular flexibility index (Phi) is 3.62. The molecule has 126 valence electrons. The molecule has 2 aliphatic rings. The minimum atomic E-state index is -0.291. The summed E-state index contributed by atoms with van der Waals surface area (Å²) in [6.07, 6.45) is 3.50. The minimum absolute atomic E-state index is 0.0180. The van der Waals surface area contributed by atoms with Gasteiger partial charge in [-0.2, -0.15) is 0 Å². The molecule has 0 saturated carbocycles. The Bertz CT molecular complexity index is 623. The van der Waals surface area contributed by atoms with E-state index in [4.69, 9.17) is 14.2 Å². The SMILES string of the molecule is COc1c2c(c(C(C)=O)c3c1CCC(C)(C)O3)OC(C)(C)CC2. The van der Waals surface area contributed by atoms with Crippen molar-refractivity contribution in [2.75, 3.05) is 7.11 Å². The molecule has 0 fully saturated rings. The predicted molar refractivity (Wildman–Crippen MR) is 89.1 cm³/mol. The summed E-state index contributed by atoms with van der Waals surface area (Å²) in [5.74, 6) is 2.13. The number of methoxy groups -OCH3 is 1. The van der Waals surface area contributed by atoms with Gasteiger partial charge in [0, 0.05) is 11.1 Å². The first-order valence-electron chi connectivity index (χ1n) is 8.30. The molecule has 1 aromatic carbocycles. The maximum absolute atomic E-state index is 12.4. The van der Waals surface area contributed by atoms with Crippen molar-refractivity contribution in [2.45, 2.75) is 71.5 Å². The molecule has 0 aliphatic carbocycles. The van der Waals surface area contributed by atoms with Gasteiger partial charge in [0.25, 0.3) is 0 Å². The molecule has 0 amide bonds. The average Bonchev–Trinajstić information content (AvgIpc) is 2.42. The topological polar surface area (TPSA) is 44.8 Å². The van der Waals surface area contributed by atoms with Crippen LogP contribution < -0.4 is 14.2 Å². The van der Waals surface area contributed by atoms with E-state index in [1.165, 1.54) is 0 Å². The summed E-state index contributed by atoms with van der Waals surface area (Å²) in [6, 6.07) is 0. The summed E-state index contributed by atoms with van der Waals surface area (Å²) < 4.78 is 18.1. The Labute approximate surface area is 138 Å². The van der Waals surface area contributed by atoms with Crippen molar-refractivity contribution in [1.29, 1.82) is 0 Å². The quantitative estimate of drug-likeness (QED) is 0.770. The smallest absolute Gasteiger partial charge is 0.167 e. The fraction of sp³-hybridized carbons (Fsp3) is 0.632. The van der Waals surface area contributed by atoms with Crippen molar-refractivity contribution in [3.05, 3.63) is 16.7 Å². The summed E-state index contributed by atoms with van der Waals surface area (Å²) in [5, 5.41) is 0. The number of carbonyl (C=O) groups excluding carboxylic acids is 1. The zero-order chi connectivity index (χ0) is 17.0. The van der Waals surface area contributed by atoms with Gasteiger partial charge < -0.3 is 14.2 Å². The van der Waals surface area contributed by atoms with Crippen molar-refractivity contribution in [1.82, 2.24) is 0 Å². The van der Waals surface area contributed by atoms with E-state index in [2.05, 4.69) is 27.7 Å². The molecule has 4 nitrogen and oxygen atoms in total. The van der Waals surface area contributed by atoms with Gasteiger partial charge in [-0.15, -0.1) is 0 Å². The molecule has 0 spiro atoms. The van der Waals surface area contributed by atoms with Gasteiger partial charge in [0.1, 0.15) is 34.0 Å². The summed E-state index contributed by atoms with van der Waals surface area (Å²) in [7, 11) is 1.68. The third-order valence-corrected chi connectivity index (χ3v) is 4.82. The number of fused-ring (bicyclic) bond motifs is 2. The molecule has 3 rings (SSSR count). The lowest BCUT2D eigenvalue weighted by molar-refractivity contribution is 0.0673. The van der Waals surface area contributed by atoms with Gasteiger partial charge in [0.2, 0.25) is 0 Å². The fourth-order valence-corrected chi connectivity index (χ4v) is 3.55. The largest absolute Gasteiger partial charge is 0.496 e. The molecule has 0 bridgehead atoms. The van der Waals surface area contributed by atoms with Gasteiger partial charge >= 0.3 is 0 Å². The van der Waals surface area contributed by atoms with E-state index in [1.807, 2.05) is 0 Å². The van der Waals surface area contributed by atoms with Gasteiger partial charge in [-0.1, -0.05) is 0 Å². The number of benzene rings is 1. The standard InChI is InChI=1S/C19H26O4/c1-11(20)14-16-12(7-9-18(2,3)22-16)15(21-6)13-8-10-19(4,5)23-17(13)14/h7-10H2,1-6H3. The monoisotopic (exact) mass is 318 g/mol. The molecule has 0 N–H and O–H groups in total. The second-order valence-electron chi connectivity index (χ2n) is 7.80. The fourth-order valence-electron chi connectivity index (χ4n) is 3.55. The van der Waals surface area contributed by atoms with Crippen LogP contribution in [0.4, 0.5) is 0 Å². The Balaban J connectivity index is 2.30. The Morgan fingerprint density at radius 2 is 1.39 bits per heavy atom. The highest BCUT2D eigenvalue weighted by Crippen LogP contribution is 2.51. The van der Waals surface area contributed by atoms with Crippen LogP contribution in [0, 0.1) is 0 Å². The van der Waals surface area contributed by atoms with Crippen molar-refractivity contribution >= 4 is 5.78 Å². The van der Waals surface area contributed by atoms with Gasteiger partial charge in [-0.3, -0.25) is 4.79 Å². The maximum atomic E-state index is 12.4. The second kappa shape index (κ2) is 5.15. The summed E-state index contributed by atoms with van der Waals surface area (Å²) in [6.45, 7) is 9.79. The molecule has 4 heteroatoms. The van der Waals surface area contributed by atoms with Gasteiger partial charge in [-0.05, 0) is 60.3 Å². The molecular weight excluding hydrogens is 292 g/mol. The number of hydrogen-bond acceptors (Lipinski definition) is 4. The van der Waals surface area contributed by atoms with E-state index < -0.39 is 0 Å². The van der Waals surface area contributed by atoms with Crippen LogP contribution in [-0.2, 0) is 12.8 Å². The normalized spacial score (nSPS) is 20.6. The van der Waals surface area contributed by atoms with Crippen molar-refractivity contribution < 1.29 is 19.0 Å². The van der Waals surface area contributed by atoms with Crippen LogP contribution in [0.25, 0.3) is 0 Å². The lowest BCUT2D eigenvalue weighted by Crippen LogP contribution is -2.37. The number of carbonyl (C=O) groups is 1. The van der Waals surface area contributed by atoms with Crippen molar-refractivity contribution in [2.24, 2.45) is 0 Å². The first kappa shape index (κ1) is 16.2. The minimum Gasteiger partial charge on any atom is -0.496 e. The molecule has 2 aliphatic heterocycles. The third-order valence-electron chi connectivity index (χ3n) is 4.82. The summed E-state index contributed by atoms with van der Waals surface area (Å²) in [5.41, 5.74) is 2.02. The van der Waals surface area contributed by atoms with Crippen molar-refractivity contribution in [3.63, 3.8) is 0 Å². The first-order chi connectivity index (χ1) is 10.7. The van der Waals surface area contributed by atoms with Crippen LogP contribution in [0.1, 0.15) is 68.9 Å². The Morgan fingerprint density at radius 1 is 0.957 bits per heavy atom. The highest BCUT2D eigenvalue weighted by molar-refractivity contribution is 6.01. The van der Waals surface area contributed by atoms with Crippen LogP contribution in [-0.4, -0.2) is 24.1 Å². The number of ether oxygens (including phenoxy) is 3. The number of rotatable bonds is 2. The lowest BCUT2D eigenvalue weighted by atomic mass is 9.85. The Morgan fingerprint density at radius 3 is 1.74 bits per heavy atom. The third kappa shape index (κ3) is 2.68. The molecule has 0 saturated heterocycles. The van der Waals surface area contributed by atoms with Crippen LogP contribution in [0.15, 0.2) is 0 Å². The van der Waals surface area contributed by atoms with Crippen molar-refractivity contribution in [3.8, 4) is 17.2 Å². The first-order valence-corrected chi connectivity index (χ1v) is 8.30. The molecule has 2 heterocycles.